The molecule has 0 saturated carbocycles. The van der Waals surface area contributed by atoms with Gasteiger partial charge in [0.15, 0.2) is 5.70 Å². The number of nitrogens with one attached hydrogen (secondary N) is 2. The summed E-state index contributed by atoms with van der Waals surface area (Å²) in [5.41, 5.74) is 11.5. The van der Waals surface area contributed by atoms with Crippen LogP contribution in [0.5, 0.6) is 0 Å². The van der Waals surface area contributed by atoms with Crippen molar-refractivity contribution >= 4 is 41.0 Å². The molecule has 0 bridgehead atoms. The van der Waals surface area contributed by atoms with Crippen molar-refractivity contribution in [2.75, 3.05) is 12.8 Å². The van der Waals surface area contributed by atoms with Gasteiger partial charge in [-0.15, -0.1) is 17.3 Å². The summed E-state index contributed by atoms with van der Waals surface area (Å²) in [6.45, 7) is 0. The Hall–Kier alpha value is -1.56. The molecule has 2 fully saturated rings. The van der Waals surface area contributed by atoms with E-state index in [0.29, 0.717) is 16.6 Å². The lowest BCUT2D eigenvalue weighted by molar-refractivity contribution is -0.148. The summed E-state index contributed by atoms with van der Waals surface area (Å²) in [6.07, 6.45) is 0. The fourth-order valence-electron chi connectivity index (χ4n) is 2.26. The SMILES string of the molecule is CN1C(=S)NNN1C1=C(C(=O)O)N2C(=O)C(N)[C@H]2SC1. The molecule has 1 unspecified atom stereocenters. The van der Waals surface area contributed by atoms with Crippen molar-refractivity contribution in [3.63, 3.8) is 0 Å². The number of β-lactam (4-membered cyclic amide) rings is 1. The molecular formula is C9H12N6O3S2. The van der Waals surface area contributed by atoms with Gasteiger partial charge in [-0.2, -0.15) is 5.12 Å². The second-order valence-electron chi connectivity index (χ2n) is 4.41. The lowest BCUT2D eigenvalue weighted by Crippen LogP contribution is -2.69. The number of hydrogen-bond donors (Lipinski definition) is 4. The van der Waals surface area contributed by atoms with Crippen molar-refractivity contribution in [2.24, 2.45) is 5.73 Å². The Kier molecular flexibility index (Phi) is 3.01. The van der Waals surface area contributed by atoms with Gasteiger partial charge in [0.05, 0.1) is 5.70 Å². The summed E-state index contributed by atoms with van der Waals surface area (Å²) in [5.74, 6) is -1.14. The number of hydrogen-bond acceptors (Lipinski definition) is 7. The molecule has 5 N–H and O–H groups in total. The molecule has 0 aromatic heterocycles. The number of nitrogens with zero attached hydrogens (tertiary/aromatic N) is 3. The number of aliphatic carboxylic acids is 1. The molecule has 0 radical (unpaired) electrons. The number of thiocarbonyl (C=S) groups is 1. The monoisotopic (exact) mass is 316 g/mol. The third-order valence-electron chi connectivity index (χ3n) is 3.31. The Balaban J connectivity index is 2.01. The summed E-state index contributed by atoms with van der Waals surface area (Å²) in [5, 5.41) is 12.5. The van der Waals surface area contributed by atoms with Crippen LogP contribution in [0.3, 0.4) is 0 Å². The van der Waals surface area contributed by atoms with Gasteiger partial charge in [0, 0.05) is 12.8 Å². The lowest BCUT2D eigenvalue weighted by atomic mass is 10.1. The minimum Gasteiger partial charge on any atom is -0.477 e. The van der Waals surface area contributed by atoms with E-state index in [1.54, 1.807) is 12.1 Å². The number of carboxylic acid groups (broad SMARTS) is 1. The van der Waals surface area contributed by atoms with Crippen LogP contribution in [-0.4, -0.2) is 61.3 Å². The van der Waals surface area contributed by atoms with E-state index < -0.39 is 12.0 Å². The first-order valence-corrected chi connectivity index (χ1v) is 7.15. The molecule has 2 atom stereocenters. The van der Waals surface area contributed by atoms with Gasteiger partial charge >= 0.3 is 5.97 Å². The Morgan fingerprint density at radius 3 is 2.85 bits per heavy atom. The molecule has 0 spiro atoms. The number of carbonyl (C=O) groups is 2. The van der Waals surface area contributed by atoms with Crippen LogP contribution in [0.2, 0.25) is 0 Å². The molecule has 9 nitrogen and oxygen atoms in total. The lowest BCUT2D eigenvalue weighted by Gasteiger charge is -2.48. The minimum absolute atomic E-state index is 0.0636. The maximum atomic E-state index is 11.8. The zero-order chi connectivity index (χ0) is 14.6. The number of carboxylic acids is 1. The highest BCUT2D eigenvalue weighted by Crippen LogP contribution is 2.40. The molecule has 0 aromatic rings. The topological polar surface area (TPSA) is 114 Å². The molecule has 3 aliphatic rings. The van der Waals surface area contributed by atoms with Crippen LogP contribution in [-0.2, 0) is 9.59 Å². The van der Waals surface area contributed by atoms with Gasteiger partial charge in [-0.1, -0.05) is 0 Å². The van der Waals surface area contributed by atoms with Crippen molar-refractivity contribution in [1.29, 1.82) is 0 Å². The van der Waals surface area contributed by atoms with Crippen LogP contribution in [0.4, 0.5) is 0 Å². The first-order valence-electron chi connectivity index (χ1n) is 5.69. The highest BCUT2D eigenvalue weighted by Gasteiger charge is 2.53. The quantitative estimate of drug-likeness (QED) is 0.336. The van der Waals surface area contributed by atoms with E-state index in [2.05, 4.69) is 11.0 Å². The highest BCUT2D eigenvalue weighted by atomic mass is 32.2. The summed E-state index contributed by atoms with van der Waals surface area (Å²) < 4.78 is 0. The number of thioether (sulfide) groups is 1. The number of hydrazine groups is 3. The molecule has 2 saturated heterocycles. The van der Waals surface area contributed by atoms with E-state index in [4.69, 9.17) is 18.0 Å². The van der Waals surface area contributed by atoms with Crippen molar-refractivity contribution in [3.8, 4) is 0 Å². The van der Waals surface area contributed by atoms with Gasteiger partial charge in [0.2, 0.25) is 11.0 Å². The van der Waals surface area contributed by atoms with E-state index in [0.717, 1.165) is 0 Å². The van der Waals surface area contributed by atoms with Gasteiger partial charge in [-0.05, 0) is 12.2 Å². The van der Waals surface area contributed by atoms with Gasteiger partial charge in [0.25, 0.3) is 0 Å². The molecule has 20 heavy (non-hydrogen) atoms. The van der Waals surface area contributed by atoms with E-state index in [1.165, 1.54) is 21.8 Å². The van der Waals surface area contributed by atoms with Crippen molar-refractivity contribution in [3.05, 3.63) is 11.4 Å². The number of fused-ring (bicyclic) bond motifs is 1. The van der Waals surface area contributed by atoms with Crippen molar-refractivity contribution < 1.29 is 14.7 Å². The minimum atomic E-state index is -1.17. The number of rotatable bonds is 2. The van der Waals surface area contributed by atoms with Gasteiger partial charge in [0.1, 0.15) is 11.4 Å². The molecule has 3 rings (SSSR count). The van der Waals surface area contributed by atoms with E-state index >= 15 is 0 Å². The largest absolute Gasteiger partial charge is 0.477 e. The third-order valence-corrected chi connectivity index (χ3v) is 4.96. The number of nitrogens with two attached hydrogens (primary N) is 1. The zero-order valence-electron chi connectivity index (χ0n) is 10.4. The summed E-state index contributed by atoms with van der Waals surface area (Å²) >= 11 is 6.46. The summed E-state index contributed by atoms with van der Waals surface area (Å²) in [6, 6.07) is -0.639. The molecule has 1 amide bonds. The van der Waals surface area contributed by atoms with Crippen molar-refractivity contribution in [1.82, 2.24) is 26.0 Å². The fraction of sp³-hybridized carbons (Fsp3) is 0.444. The summed E-state index contributed by atoms with van der Waals surface area (Å²) in [4.78, 5) is 24.6. The number of carbonyl (C=O) groups excluding carboxylic acids is 1. The second-order valence-corrected chi connectivity index (χ2v) is 5.91. The maximum absolute atomic E-state index is 11.8. The van der Waals surface area contributed by atoms with E-state index in [1.807, 2.05) is 0 Å². The average Bonchev–Trinajstić information content (AvgIpc) is 2.76. The molecular weight excluding hydrogens is 304 g/mol. The highest BCUT2D eigenvalue weighted by molar-refractivity contribution is 8.00. The van der Waals surface area contributed by atoms with E-state index in [-0.39, 0.29) is 17.0 Å². The van der Waals surface area contributed by atoms with Gasteiger partial charge in [-0.25, -0.2) is 9.80 Å². The smallest absolute Gasteiger partial charge is 0.354 e. The van der Waals surface area contributed by atoms with Crippen LogP contribution >= 0.6 is 24.0 Å². The van der Waals surface area contributed by atoms with Crippen LogP contribution in [0, 0.1) is 0 Å². The Morgan fingerprint density at radius 1 is 1.60 bits per heavy atom. The third kappa shape index (κ3) is 1.67. The molecule has 3 aliphatic heterocycles. The summed E-state index contributed by atoms with van der Waals surface area (Å²) in [7, 11) is 1.68. The zero-order valence-corrected chi connectivity index (χ0v) is 12.0. The maximum Gasteiger partial charge on any atom is 0.354 e. The van der Waals surface area contributed by atoms with E-state index in [9.17, 15) is 14.7 Å². The van der Waals surface area contributed by atoms with Crippen LogP contribution in [0.25, 0.3) is 0 Å². The second kappa shape index (κ2) is 4.48. The standard InChI is InChI=1S/C9H12N6O3S2/c1-13-9(19)11-12-15(13)3-2-20-7-4(10)6(16)14(7)5(3)8(17)18/h4,7,12H,2,10H2,1H3,(H,11,19)(H,17,18)/t4?,7-/m1/s1. The van der Waals surface area contributed by atoms with Crippen LogP contribution in [0.1, 0.15) is 0 Å². The van der Waals surface area contributed by atoms with Gasteiger partial charge in [-0.3, -0.25) is 15.1 Å². The molecule has 3 heterocycles. The number of amides is 1. The Labute approximate surface area is 123 Å². The van der Waals surface area contributed by atoms with Gasteiger partial charge < -0.3 is 10.8 Å². The Morgan fingerprint density at radius 2 is 2.30 bits per heavy atom. The molecule has 0 aliphatic carbocycles. The fourth-order valence-corrected chi connectivity index (χ4v) is 3.65. The predicted molar refractivity (Wildman–Crippen MR) is 74.2 cm³/mol. The molecule has 0 aromatic carbocycles. The van der Waals surface area contributed by atoms with Crippen LogP contribution < -0.4 is 16.7 Å². The normalized spacial score (nSPS) is 29.4. The first-order chi connectivity index (χ1) is 9.43. The predicted octanol–water partition coefficient (Wildman–Crippen LogP) is -2.02. The Bertz CT molecular complexity index is 552. The molecule has 108 valence electrons. The first kappa shape index (κ1) is 13.4. The van der Waals surface area contributed by atoms with Crippen LogP contribution in [0.15, 0.2) is 11.4 Å². The van der Waals surface area contributed by atoms with Crippen molar-refractivity contribution in [2.45, 2.75) is 11.4 Å². The molecule has 11 heteroatoms. The average molecular weight is 316 g/mol.